The topological polar surface area (TPSA) is 38.3 Å². The number of carbonyl (C=O) groups is 1. The van der Waals surface area contributed by atoms with Gasteiger partial charge in [-0.15, -0.1) is 0 Å². The van der Waals surface area contributed by atoms with Gasteiger partial charge in [0.1, 0.15) is 0 Å². The van der Waals surface area contributed by atoms with Gasteiger partial charge in [-0.25, -0.2) is 0 Å². The lowest BCUT2D eigenvalue weighted by Crippen LogP contribution is -2.16. The average Bonchev–Trinajstić information content (AvgIpc) is 2.39. The number of carbonyl (C=O) groups excluding carboxylic acids is 1. The zero-order valence-corrected chi connectivity index (χ0v) is 11.4. The van der Waals surface area contributed by atoms with E-state index in [1.165, 1.54) is 11.1 Å². The van der Waals surface area contributed by atoms with Gasteiger partial charge in [0.25, 0.3) is 0 Å². The first-order valence-corrected chi connectivity index (χ1v) is 6.56. The predicted octanol–water partition coefficient (Wildman–Crippen LogP) is 2.82. The zero-order chi connectivity index (χ0) is 13.2. The highest BCUT2D eigenvalue weighted by Gasteiger charge is 1.97. The van der Waals surface area contributed by atoms with Gasteiger partial charge < -0.3 is 10.1 Å². The van der Waals surface area contributed by atoms with Gasteiger partial charge in [-0.05, 0) is 25.3 Å². The summed E-state index contributed by atoms with van der Waals surface area (Å²) >= 11 is 0. The van der Waals surface area contributed by atoms with E-state index >= 15 is 0 Å². The highest BCUT2D eigenvalue weighted by atomic mass is 16.5. The lowest BCUT2D eigenvalue weighted by Gasteiger charge is -2.05. The van der Waals surface area contributed by atoms with Crippen molar-refractivity contribution in [3.8, 4) is 0 Å². The SMILES string of the molecule is CNC(=O)CCCCCOCc1ccc(C)cc1. The standard InChI is InChI=1S/C15H23NO2/c1-13-7-9-14(10-8-13)12-18-11-5-3-4-6-15(17)16-2/h7-10H,3-6,11-12H2,1-2H3,(H,16,17). The molecule has 18 heavy (non-hydrogen) atoms. The molecule has 1 rings (SSSR count). The van der Waals surface area contributed by atoms with Crippen LogP contribution in [0.1, 0.15) is 36.8 Å². The van der Waals surface area contributed by atoms with Gasteiger partial charge in [-0.1, -0.05) is 36.2 Å². The lowest BCUT2D eigenvalue weighted by atomic mass is 10.2. The number of amides is 1. The van der Waals surface area contributed by atoms with E-state index in [1.54, 1.807) is 7.05 Å². The second-order valence-corrected chi connectivity index (χ2v) is 4.52. The van der Waals surface area contributed by atoms with Gasteiger partial charge in [0.15, 0.2) is 0 Å². The first-order valence-electron chi connectivity index (χ1n) is 6.56. The fraction of sp³-hybridized carbons (Fsp3) is 0.533. The third-order valence-corrected chi connectivity index (χ3v) is 2.86. The summed E-state index contributed by atoms with van der Waals surface area (Å²) in [5.41, 5.74) is 2.49. The number of nitrogens with one attached hydrogen (secondary N) is 1. The highest BCUT2D eigenvalue weighted by Crippen LogP contribution is 2.06. The van der Waals surface area contributed by atoms with Gasteiger partial charge in [0.2, 0.25) is 5.91 Å². The van der Waals surface area contributed by atoms with Gasteiger partial charge in [0, 0.05) is 20.1 Å². The van der Waals surface area contributed by atoms with Crippen molar-refractivity contribution in [1.29, 1.82) is 0 Å². The maximum Gasteiger partial charge on any atom is 0.219 e. The van der Waals surface area contributed by atoms with Crippen LogP contribution in [0.5, 0.6) is 0 Å². The van der Waals surface area contributed by atoms with Crippen molar-refractivity contribution in [2.24, 2.45) is 0 Å². The zero-order valence-electron chi connectivity index (χ0n) is 11.4. The number of hydrogen-bond acceptors (Lipinski definition) is 2. The number of unbranched alkanes of at least 4 members (excludes halogenated alkanes) is 2. The molecule has 1 amide bonds. The first kappa shape index (κ1) is 14.7. The van der Waals surface area contributed by atoms with Crippen molar-refractivity contribution < 1.29 is 9.53 Å². The molecule has 0 aliphatic heterocycles. The van der Waals surface area contributed by atoms with Gasteiger partial charge in [-0.2, -0.15) is 0 Å². The van der Waals surface area contributed by atoms with Crippen LogP contribution in [0.4, 0.5) is 0 Å². The number of rotatable bonds is 8. The maximum atomic E-state index is 11.0. The Morgan fingerprint density at radius 3 is 2.56 bits per heavy atom. The molecule has 1 aromatic carbocycles. The number of benzene rings is 1. The van der Waals surface area contributed by atoms with Gasteiger partial charge in [-0.3, -0.25) is 4.79 Å². The van der Waals surface area contributed by atoms with Crippen LogP contribution in [-0.2, 0) is 16.1 Å². The fourth-order valence-electron chi connectivity index (χ4n) is 1.67. The monoisotopic (exact) mass is 249 g/mol. The Hall–Kier alpha value is -1.35. The Bertz CT molecular complexity index is 346. The average molecular weight is 249 g/mol. The van der Waals surface area contributed by atoms with Crippen LogP contribution < -0.4 is 5.32 Å². The molecule has 0 atom stereocenters. The van der Waals surface area contributed by atoms with Crippen molar-refractivity contribution in [3.63, 3.8) is 0 Å². The molecule has 0 aliphatic rings. The van der Waals surface area contributed by atoms with Crippen molar-refractivity contribution >= 4 is 5.91 Å². The molecule has 1 aromatic rings. The Balaban J connectivity index is 1.99. The quantitative estimate of drug-likeness (QED) is 0.719. The Labute approximate surface area is 110 Å². The fourth-order valence-corrected chi connectivity index (χ4v) is 1.67. The normalized spacial score (nSPS) is 10.3. The largest absolute Gasteiger partial charge is 0.377 e. The second-order valence-electron chi connectivity index (χ2n) is 4.52. The van der Waals surface area contributed by atoms with E-state index < -0.39 is 0 Å². The van der Waals surface area contributed by atoms with E-state index in [9.17, 15) is 4.79 Å². The molecule has 100 valence electrons. The van der Waals surface area contributed by atoms with E-state index in [2.05, 4.69) is 36.5 Å². The summed E-state index contributed by atoms with van der Waals surface area (Å²) < 4.78 is 5.59. The molecule has 0 bridgehead atoms. The summed E-state index contributed by atoms with van der Waals surface area (Å²) in [5, 5.41) is 2.62. The van der Waals surface area contributed by atoms with E-state index in [0.717, 1.165) is 25.9 Å². The summed E-state index contributed by atoms with van der Waals surface area (Å²) in [7, 11) is 1.67. The number of hydrogen-bond donors (Lipinski definition) is 1. The summed E-state index contributed by atoms with van der Waals surface area (Å²) in [4.78, 5) is 11.0. The minimum Gasteiger partial charge on any atom is -0.377 e. The molecule has 0 aliphatic carbocycles. The molecule has 0 aromatic heterocycles. The molecule has 1 N–H and O–H groups in total. The number of ether oxygens (including phenoxy) is 1. The first-order chi connectivity index (χ1) is 8.72. The van der Waals surface area contributed by atoms with Crippen molar-refractivity contribution in [1.82, 2.24) is 5.32 Å². The minimum atomic E-state index is 0.121. The van der Waals surface area contributed by atoms with Crippen molar-refractivity contribution in [3.05, 3.63) is 35.4 Å². The molecule has 0 heterocycles. The van der Waals surface area contributed by atoms with E-state index in [0.29, 0.717) is 13.0 Å². The van der Waals surface area contributed by atoms with Crippen LogP contribution in [0.15, 0.2) is 24.3 Å². The molecule has 3 nitrogen and oxygen atoms in total. The van der Waals surface area contributed by atoms with Crippen LogP contribution in [0.3, 0.4) is 0 Å². The molecular weight excluding hydrogens is 226 g/mol. The lowest BCUT2D eigenvalue weighted by molar-refractivity contribution is -0.120. The third kappa shape index (κ3) is 6.40. The van der Waals surface area contributed by atoms with Crippen LogP contribution >= 0.6 is 0 Å². The molecular formula is C15H23NO2. The maximum absolute atomic E-state index is 11.0. The molecule has 0 saturated carbocycles. The molecule has 0 fully saturated rings. The Morgan fingerprint density at radius 2 is 1.89 bits per heavy atom. The molecule has 0 saturated heterocycles. The van der Waals surface area contributed by atoms with Crippen LogP contribution in [-0.4, -0.2) is 19.6 Å². The molecule has 0 spiro atoms. The van der Waals surface area contributed by atoms with E-state index in [1.807, 2.05) is 0 Å². The molecule has 0 unspecified atom stereocenters. The second kappa shape index (κ2) is 8.70. The highest BCUT2D eigenvalue weighted by molar-refractivity contribution is 5.75. The molecule has 3 heteroatoms. The summed E-state index contributed by atoms with van der Waals surface area (Å²) in [6.45, 7) is 3.52. The van der Waals surface area contributed by atoms with Crippen LogP contribution in [0, 0.1) is 6.92 Å². The third-order valence-electron chi connectivity index (χ3n) is 2.86. The molecule has 0 radical (unpaired) electrons. The summed E-state index contributed by atoms with van der Waals surface area (Å²) in [6.07, 6.45) is 3.62. The van der Waals surface area contributed by atoms with Gasteiger partial charge in [0.05, 0.1) is 6.61 Å². The van der Waals surface area contributed by atoms with Crippen LogP contribution in [0.2, 0.25) is 0 Å². The predicted molar refractivity (Wildman–Crippen MR) is 73.4 cm³/mol. The minimum absolute atomic E-state index is 0.121. The summed E-state index contributed by atoms with van der Waals surface area (Å²) in [6, 6.07) is 8.39. The Morgan fingerprint density at radius 1 is 1.17 bits per heavy atom. The van der Waals surface area contributed by atoms with Crippen LogP contribution in [0.25, 0.3) is 0 Å². The van der Waals surface area contributed by atoms with E-state index in [4.69, 9.17) is 4.74 Å². The van der Waals surface area contributed by atoms with Gasteiger partial charge >= 0.3 is 0 Å². The Kier molecular flexibility index (Phi) is 7.11. The number of aryl methyl sites for hydroxylation is 1. The van der Waals surface area contributed by atoms with Crippen molar-refractivity contribution in [2.45, 2.75) is 39.2 Å². The smallest absolute Gasteiger partial charge is 0.219 e. The van der Waals surface area contributed by atoms with E-state index in [-0.39, 0.29) is 5.91 Å². The van der Waals surface area contributed by atoms with Crippen molar-refractivity contribution in [2.75, 3.05) is 13.7 Å². The summed E-state index contributed by atoms with van der Waals surface area (Å²) in [5.74, 6) is 0.121.